The molecule has 0 saturated carbocycles. The molecule has 1 unspecified atom stereocenters. The Kier molecular flexibility index (Phi) is 8.28. The number of nitrogens with zero attached hydrogens (tertiary/aromatic N) is 4. The number of amides is 2. The van der Waals surface area contributed by atoms with Gasteiger partial charge in [-0.1, -0.05) is 0 Å². The van der Waals surface area contributed by atoms with E-state index in [0.29, 0.717) is 6.42 Å². The highest BCUT2D eigenvalue weighted by atomic mass is 32.2. The lowest BCUT2D eigenvalue weighted by Crippen LogP contribution is -2.60. The number of benzene rings is 1. The molecule has 2 N–H and O–H groups in total. The van der Waals surface area contributed by atoms with Gasteiger partial charge in [-0.25, -0.2) is 36.5 Å². The third-order valence-corrected chi connectivity index (χ3v) is 10.6. The summed E-state index contributed by atoms with van der Waals surface area (Å²) in [6, 6.07) is 3.86. The predicted octanol–water partition coefficient (Wildman–Crippen LogP) is 4.68. The van der Waals surface area contributed by atoms with Crippen LogP contribution in [-0.4, -0.2) is 67.2 Å². The van der Waals surface area contributed by atoms with Crippen LogP contribution in [0.2, 0.25) is 0 Å². The van der Waals surface area contributed by atoms with Gasteiger partial charge >= 0.3 is 6.09 Å². The number of alkyl carbamates (subject to hydrolysis) is 1. The molecule has 0 bridgehead atoms. The molecule has 0 aliphatic carbocycles. The maximum absolute atomic E-state index is 15.5. The number of amidine groups is 1. The summed E-state index contributed by atoms with van der Waals surface area (Å²) in [7, 11) is -3.09. The molecule has 2 aliphatic rings. The summed E-state index contributed by atoms with van der Waals surface area (Å²) >= 11 is 0. The van der Waals surface area contributed by atoms with Crippen molar-refractivity contribution in [1.29, 1.82) is 0 Å². The summed E-state index contributed by atoms with van der Waals surface area (Å²) in [4.78, 5) is 38.0. The van der Waals surface area contributed by atoms with Crippen LogP contribution >= 0.6 is 0 Å². The summed E-state index contributed by atoms with van der Waals surface area (Å²) in [5.41, 5.74) is -2.17. The van der Waals surface area contributed by atoms with Crippen molar-refractivity contribution >= 4 is 33.3 Å². The van der Waals surface area contributed by atoms with Crippen molar-refractivity contribution in [3.8, 4) is 5.88 Å². The van der Waals surface area contributed by atoms with Gasteiger partial charge in [-0.15, -0.1) is 0 Å². The number of carbonyl (C=O) groups is 2. The Morgan fingerprint density at radius 2 is 1.86 bits per heavy atom. The molecule has 0 fully saturated rings. The zero-order valence-corrected chi connectivity index (χ0v) is 24.9. The summed E-state index contributed by atoms with van der Waals surface area (Å²) in [5, 5.41) is 4.53. The molecule has 0 saturated heterocycles. The minimum Gasteiger partial charge on any atom is -0.470 e. The van der Waals surface area contributed by atoms with Crippen LogP contribution in [0.1, 0.15) is 64.0 Å². The summed E-state index contributed by atoms with van der Waals surface area (Å²) < 4.78 is 68.1. The van der Waals surface area contributed by atoms with E-state index in [1.54, 1.807) is 41.5 Å². The fraction of sp³-hybridized carbons (Fsp3) is 0.519. The number of aromatic nitrogens is 2. The molecular weight excluding hydrogens is 577 g/mol. The minimum absolute atomic E-state index is 0.0379. The Morgan fingerprint density at radius 1 is 1.14 bits per heavy atom. The molecule has 4 rings (SSSR count). The minimum atomic E-state index is -3.09. The van der Waals surface area contributed by atoms with Gasteiger partial charge in [-0.2, -0.15) is 0 Å². The van der Waals surface area contributed by atoms with E-state index in [1.807, 2.05) is 0 Å². The second-order valence-electron chi connectivity index (χ2n) is 11.5. The second kappa shape index (κ2) is 11.2. The highest BCUT2D eigenvalue weighted by Crippen LogP contribution is 2.48. The Labute approximate surface area is 241 Å². The molecule has 42 heavy (non-hydrogen) atoms. The first-order valence-corrected chi connectivity index (χ1v) is 14.7. The number of aliphatic imine (C=N–C) groups is 1. The SMILES string of the molecule is CC(C)(C)OC(=O)NC1=N[C@](C)(c2cc(NC(=O)c3cnc(OCC(F)F)cn3)ccc2F)[C@@H]2CCN=S2(=O)C1(C)C. The van der Waals surface area contributed by atoms with E-state index in [4.69, 9.17) is 14.5 Å². The number of nitrogens with one attached hydrogen (secondary N) is 2. The van der Waals surface area contributed by atoms with Crippen LogP contribution in [0.25, 0.3) is 0 Å². The summed E-state index contributed by atoms with van der Waals surface area (Å²) in [5.74, 6) is -1.50. The Morgan fingerprint density at radius 3 is 2.48 bits per heavy atom. The number of carbonyl (C=O) groups excluding carboxylic acids is 2. The van der Waals surface area contributed by atoms with Gasteiger partial charge in [-0.3, -0.25) is 15.1 Å². The van der Waals surface area contributed by atoms with Crippen molar-refractivity contribution in [2.45, 2.75) is 75.5 Å². The van der Waals surface area contributed by atoms with Gasteiger partial charge in [0.15, 0.2) is 6.61 Å². The van der Waals surface area contributed by atoms with Crippen molar-refractivity contribution in [1.82, 2.24) is 15.3 Å². The lowest BCUT2D eigenvalue weighted by molar-refractivity contribution is 0.0560. The number of rotatable bonds is 6. The highest BCUT2D eigenvalue weighted by molar-refractivity contribution is 7.96. The van der Waals surface area contributed by atoms with E-state index >= 15 is 4.39 Å². The molecule has 0 spiro atoms. The molecule has 15 heteroatoms. The number of hydrogen-bond donors (Lipinski definition) is 2. The second-order valence-corrected chi connectivity index (χ2v) is 14.5. The van der Waals surface area contributed by atoms with E-state index in [9.17, 15) is 22.6 Å². The number of alkyl halides is 2. The average Bonchev–Trinajstić information content (AvgIpc) is 3.31. The van der Waals surface area contributed by atoms with Crippen molar-refractivity contribution in [2.24, 2.45) is 9.36 Å². The highest BCUT2D eigenvalue weighted by Gasteiger charge is 2.57. The lowest BCUT2D eigenvalue weighted by Gasteiger charge is -2.45. The number of anilines is 1. The molecule has 11 nitrogen and oxygen atoms in total. The van der Waals surface area contributed by atoms with Crippen molar-refractivity contribution in [3.05, 3.63) is 47.7 Å². The first-order valence-electron chi connectivity index (χ1n) is 13.1. The zero-order chi connectivity index (χ0) is 31.1. The van der Waals surface area contributed by atoms with Crippen LogP contribution in [0.3, 0.4) is 0 Å². The molecule has 1 aromatic heterocycles. The number of hydrogen-bond acceptors (Lipinski definition) is 9. The van der Waals surface area contributed by atoms with Gasteiger partial charge in [-0.05, 0) is 66.2 Å². The molecular formula is C27H33F3N6O5S. The monoisotopic (exact) mass is 610 g/mol. The largest absolute Gasteiger partial charge is 0.470 e. The molecule has 2 amide bonds. The third-order valence-electron chi connectivity index (χ3n) is 6.94. The van der Waals surface area contributed by atoms with Crippen LogP contribution in [0.4, 0.5) is 23.7 Å². The zero-order valence-electron chi connectivity index (χ0n) is 24.0. The first kappa shape index (κ1) is 31.2. The van der Waals surface area contributed by atoms with Crippen molar-refractivity contribution < 1.29 is 36.4 Å². The molecule has 3 heterocycles. The normalized spacial score (nSPS) is 24.7. The molecule has 1 aromatic carbocycles. The van der Waals surface area contributed by atoms with Crippen LogP contribution < -0.4 is 15.4 Å². The van der Waals surface area contributed by atoms with Gasteiger partial charge in [0.2, 0.25) is 5.88 Å². The van der Waals surface area contributed by atoms with Gasteiger partial charge in [0.25, 0.3) is 12.3 Å². The van der Waals surface area contributed by atoms with Crippen LogP contribution in [0.5, 0.6) is 5.88 Å². The van der Waals surface area contributed by atoms with E-state index in [1.165, 1.54) is 12.1 Å². The number of fused-ring (bicyclic) bond motifs is 1. The molecule has 0 radical (unpaired) electrons. The molecule has 3 atom stereocenters. The molecule has 228 valence electrons. The first-order chi connectivity index (χ1) is 19.5. The van der Waals surface area contributed by atoms with Crippen molar-refractivity contribution in [3.63, 3.8) is 0 Å². The maximum Gasteiger partial charge on any atom is 0.413 e. The van der Waals surface area contributed by atoms with Gasteiger partial charge in [0, 0.05) is 17.8 Å². The number of halogens is 3. The smallest absolute Gasteiger partial charge is 0.413 e. The average molecular weight is 611 g/mol. The standard InChI is InChI=1S/C27H33F3N6O5S/c1-25(2,3)41-24(38)35-23-26(4,5)42(39)19(9-10-33-42)27(6,36-23)16-11-15(7-8-17(16)28)34-22(37)18-12-32-21(13-31-18)40-14-20(29)30/h7-8,11-13,19-20H,9-10,14H2,1-6H3,(H,34,37)(H,35,36,38)/t19-,27+,42?/m0/s1. The maximum atomic E-state index is 15.5. The third kappa shape index (κ3) is 6.05. The molecule has 2 aliphatic heterocycles. The Balaban J connectivity index is 1.68. The van der Waals surface area contributed by atoms with E-state index in [-0.39, 0.29) is 35.2 Å². The van der Waals surface area contributed by atoms with Gasteiger partial charge < -0.3 is 14.8 Å². The predicted molar refractivity (Wildman–Crippen MR) is 150 cm³/mol. The summed E-state index contributed by atoms with van der Waals surface area (Å²) in [6.07, 6.45) is -1.04. The van der Waals surface area contributed by atoms with Gasteiger partial charge in [0.05, 0.1) is 27.4 Å². The Bertz CT molecular complexity index is 1530. The number of ether oxygens (including phenoxy) is 2. The quantitative estimate of drug-likeness (QED) is 0.483. The van der Waals surface area contributed by atoms with Crippen LogP contribution in [0, 0.1) is 5.82 Å². The van der Waals surface area contributed by atoms with E-state index in [2.05, 4.69) is 25.0 Å². The fourth-order valence-corrected chi connectivity index (χ4v) is 8.09. The van der Waals surface area contributed by atoms with Crippen LogP contribution in [0.15, 0.2) is 39.9 Å². The summed E-state index contributed by atoms with van der Waals surface area (Å²) in [6.45, 7) is 9.46. The topological polar surface area (TPSA) is 144 Å². The van der Waals surface area contributed by atoms with E-state index in [0.717, 1.165) is 18.5 Å². The van der Waals surface area contributed by atoms with Gasteiger partial charge in [0.1, 0.15) is 33.2 Å². The van der Waals surface area contributed by atoms with Crippen molar-refractivity contribution in [2.75, 3.05) is 18.5 Å². The fourth-order valence-electron chi connectivity index (χ4n) is 4.90. The molecule has 2 aromatic rings. The van der Waals surface area contributed by atoms with E-state index < -0.39 is 61.7 Å². The van der Waals surface area contributed by atoms with Crippen LogP contribution in [-0.2, 0) is 20.0 Å². The lowest BCUT2D eigenvalue weighted by atomic mass is 9.85. The Hall–Kier alpha value is -3.75.